The lowest BCUT2D eigenvalue weighted by Gasteiger charge is -2.23. The second-order valence-corrected chi connectivity index (χ2v) is 12.8. The Morgan fingerprint density at radius 3 is 1.98 bits per heavy atom. The molecular formula is C36H43N3O8. The summed E-state index contributed by atoms with van der Waals surface area (Å²) < 4.78 is 10.9. The van der Waals surface area contributed by atoms with Crippen molar-refractivity contribution in [2.45, 2.75) is 77.5 Å². The molecule has 0 spiro atoms. The molecule has 0 aromatic heterocycles. The number of benzene rings is 3. The number of carboxylic acids is 1. The first kappa shape index (κ1) is 34.8. The number of phenolic OH excluding ortho intramolecular Hbond substituents is 1. The number of aromatic hydroxyl groups is 1. The van der Waals surface area contributed by atoms with E-state index in [0.29, 0.717) is 16.7 Å². The highest BCUT2D eigenvalue weighted by atomic mass is 16.6. The first-order valence-corrected chi connectivity index (χ1v) is 15.6. The molecule has 250 valence electrons. The van der Waals surface area contributed by atoms with Gasteiger partial charge in [-0.05, 0) is 98.5 Å². The van der Waals surface area contributed by atoms with E-state index in [1.54, 1.807) is 34.6 Å². The smallest absolute Gasteiger partial charge is 0.407 e. The first-order valence-electron chi connectivity index (χ1n) is 15.6. The number of phenols is 1. The third kappa shape index (κ3) is 9.25. The van der Waals surface area contributed by atoms with E-state index in [2.05, 4.69) is 16.0 Å². The minimum absolute atomic E-state index is 0.0309. The van der Waals surface area contributed by atoms with Gasteiger partial charge in [-0.2, -0.15) is 0 Å². The number of hydrogen-bond donors (Lipinski definition) is 5. The zero-order valence-electron chi connectivity index (χ0n) is 27.4. The summed E-state index contributed by atoms with van der Waals surface area (Å²) in [5, 5.41) is 27.7. The van der Waals surface area contributed by atoms with Crippen molar-refractivity contribution in [2.24, 2.45) is 0 Å². The van der Waals surface area contributed by atoms with Crippen molar-refractivity contribution in [2.75, 3.05) is 13.2 Å². The van der Waals surface area contributed by atoms with Gasteiger partial charge in [-0.15, -0.1) is 0 Å². The SMILES string of the molecule is Cc1cc(O)cc(C)c1C[C@H](NC(=O)[C@@H](CCCNC(=O)OC(C)(C)C)NC(=O)OCC1c2ccccc2-c2ccccc21)C(=O)O. The summed E-state index contributed by atoms with van der Waals surface area (Å²) in [4.78, 5) is 51.0. The van der Waals surface area contributed by atoms with Crippen LogP contribution in [0.15, 0.2) is 60.7 Å². The topological polar surface area (TPSA) is 163 Å². The molecule has 0 saturated heterocycles. The van der Waals surface area contributed by atoms with E-state index in [9.17, 15) is 29.4 Å². The van der Waals surface area contributed by atoms with Gasteiger partial charge in [0.15, 0.2) is 0 Å². The van der Waals surface area contributed by atoms with Gasteiger partial charge in [0.2, 0.25) is 5.91 Å². The van der Waals surface area contributed by atoms with Gasteiger partial charge in [-0.1, -0.05) is 48.5 Å². The zero-order chi connectivity index (χ0) is 34.3. The largest absolute Gasteiger partial charge is 0.508 e. The van der Waals surface area contributed by atoms with E-state index >= 15 is 0 Å². The van der Waals surface area contributed by atoms with Crippen LogP contribution in [-0.2, 0) is 25.5 Å². The number of carboxylic acid groups (broad SMARTS) is 1. The lowest BCUT2D eigenvalue weighted by molar-refractivity contribution is -0.142. The second kappa shape index (κ2) is 15.0. The van der Waals surface area contributed by atoms with Crippen molar-refractivity contribution in [3.05, 3.63) is 88.5 Å². The standard InChI is InChI=1S/C36H43N3O8/c1-21-17-23(40)18-22(2)28(21)19-31(33(42)43)38-32(41)30(15-10-16-37-34(44)47-36(3,4)5)39-35(45)46-20-29-26-13-8-6-11-24(26)25-12-7-9-14-27(25)29/h6-9,11-14,17-18,29-31,40H,10,15-16,19-20H2,1-5H3,(H,37,44)(H,38,41)(H,39,45)(H,42,43)/t30-,31+/m1/s1. The Bertz CT molecular complexity index is 1560. The molecule has 4 rings (SSSR count). The summed E-state index contributed by atoms with van der Waals surface area (Å²) in [7, 11) is 0. The third-order valence-electron chi connectivity index (χ3n) is 7.99. The number of hydrogen-bond acceptors (Lipinski definition) is 7. The van der Waals surface area contributed by atoms with E-state index in [-0.39, 0.29) is 44.1 Å². The Labute approximate surface area is 274 Å². The Morgan fingerprint density at radius 2 is 1.43 bits per heavy atom. The summed E-state index contributed by atoms with van der Waals surface area (Å²) in [5.74, 6) is -2.09. The van der Waals surface area contributed by atoms with Crippen LogP contribution in [0.3, 0.4) is 0 Å². The van der Waals surface area contributed by atoms with E-state index in [1.807, 2.05) is 48.5 Å². The minimum Gasteiger partial charge on any atom is -0.508 e. The van der Waals surface area contributed by atoms with E-state index in [4.69, 9.17) is 9.47 Å². The Hall–Kier alpha value is -5.06. The molecular weight excluding hydrogens is 602 g/mol. The number of carbonyl (C=O) groups is 4. The lowest BCUT2D eigenvalue weighted by Crippen LogP contribution is -2.52. The Kier molecular flexibility index (Phi) is 11.1. The fourth-order valence-corrected chi connectivity index (χ4v) is 5.83. The molecule has 0 saturated carbocycles. The third-order valence-corrected chi connectivity index (χ3v) is 7.99. The predicted molar refractivity (Wildman–Crippen MR) is 176 cm³/mol. The number of ether oxygens (including phenoxy) is 2. The van der Waals surface area contributed by atoms with Crippen molar-refractivity contribution in [3.8, 4) is 16.9 Å². The first-order chi connectivity index (χ1) is 22.2. The maximum atomic E-state index is 13.5. The number of aryl methyl sites for hydroxylation is 2. The van der Waals surface area contributed by atoms with Crippen molar-refractivity contribution in [3.63, 3.8) is 0 Å². The van der Waals surface area contributed by atoms with Crippen molar-refractivity contribution < 1.29 is 38.9 Å². The molecule has 0 radical (unpaired) electrons. The monoisotopic (exact) mass is 645 g/mol. The van der Waals surface area contributed by atoms with Crippen LogP contribution >= 0.6 is 0 Å². The molecule has 11 nitrogen and oxygen atoms in total. The zero-order valence-corrected chi connectivity index (χ0v) is 27.4. The summed E-state index contributed by atoms with van der Waals surface area (Å²) in [6.45, 7) is 8.91. The number of nitrogens with one attached hydrogen (secondary N) is 3. The number of alkyl carbamates (subject to hydrolysis) is 2. The van der Waals surface area contributed by atoms with Gasteiger partial charge >= 0.3 is 18.2 Å². The predicted octanol–water partition coefficient (Wildman–Crippen LogP) is 5.33. The fraction of sp³-hybridized carbons (Fsp3) is 0.389. The summed E-state index contributed by atoms with van der Waals surface area (Å²) in [5.41, 5.74) is 5.59. The average Bonchev–Trinajstić information content (AvgIpc) is 3.31. The van der Waals surface area contributed by atoms with Crippen molar-refractivity contribution in [1.82, 2.24) is 16.0 Å². The molecule has 11 heteroatoms. The van der Waals surface area contributed by atoms with Gasteiger partial charge in [0.05, 0.1) is 0 Å². The van der Waals surface area contributed by atoms with Gasteiger partial charge in [0, 0.05) is 18.9 Å². The minimum atomic E-state index is -1.31. The van der Waals surface area contributed by atoms with Crippen LogP contribution in [0, 0.1) is 13.8 Å². The molecule has 1 aliphatic rings. The van der Waals surface area contributed by atoms with Gasteiger partial charge in [-0.25, -0.2) is 14.4 Å². The van der Waals surface area contributed by atoms with Gasteiger partial charge < -0.3 is 35.6 Å². The summed E-state index contributed by atoms with van der Waals surface area (Å²) in [6, 6.07) is 16.4. The average molecular weight is 646 g/mol. The van der Waals surface area contributed by atoms with Gasteiger partial charge in [0.1, 0.15) is 30.0 Å². The van der Waals surface area contributed by atoms with E-state index in [0.717, 1.165) is 22.3 Å². The van der Waals surface area contributed by atoms with Gasteiger partial charge in [-0.3, -0.25) is 4.79 Å². The molecule has 0 aliphatic heterocycles. The number of amides is 3. The van der Waals surface area contributed by atoms with Gasteiger partial charge in [0.25, 0.3) is 0 Å². The molecule has 5 N–H and O–H groups in total. The normalized spacial score (nSPS) is 13.5. The Balaban J connectivity index is 1.45. The summed E-state index contributed by atoms with van der Waals surface area (Å²) >= 11 is 0. The Morgan fingerprint density at radius 1 is 0.851 bits per heavy atom. The van der Waals surface area contributed by atoms with Crippen LogP contribution in [0.4, 0.5) is 9.59 Å². The van der Waals surface area contributed by atoms with E-state index < -0.39 is 41.7 Å². The molecule has 3 aromatic rings. The van der Waals surface area contributed by atoms with Crippen LogP contribution in [0.25, 0.3) is 11.1 Å². The molecule has 47 heavy (non-hydrogen) atoms. The summed E-state index contributed by atoms with van der Waals surface area (Å²) in [6.07, 6.45) is -1.13. The fourth-order valence-electron chi connectivity index (χ4n) is 5.83. The highest BCUT2D eigenvalue weighted by Gasteiger charge is 2.31. The van der Waals surface area contributed by atoms with Crippen LogP contribution in [0.5, 0.6) is 5.75 Å². The molecule has 0 heterocycles. The van der Waals surface area contributed by atoms with Crippen molar-refractivity contribution >= 4 is 24.1 Å². The number of aliphatic carboxylic acids is 1. The number of carbonyl (C=O) groups excluding carboxylic acids is 3. The van der Waals surface area contributed by atoms with Crippen LogP contribution in [0.1, 0.15) is 67.3 Å². The molecule has 0 fully saturated rings. The highest BCUT2D eigenvalue weighted by Crippen LogP contribution is 2.44. The number of rotatable bonds is 12. The molecule has 3 amide bonds. The molecule has 2 atom stereocenters. The number of fused-ring (bicyclic) bond motifs is 3. The van der Waals surface area contributed by atoms with Crippen LogP contribution < -0.4 is 16.0 Å². The molecule has 1 aliphatic carbocycles. The second-order valence-electron chi connectivity index (χ2n) is 12.8. The highest BCUT2D eigenvalue weighted by molar-refractivity contribution is 5.89. The quantitative estimate of drug-likeness (QED) is 0.165. The molecule has 0 unspecified atom stereocenters. The maximum absolute atomic E-state index is 13.5. The lowest BCUT2D eigenvalue weighted by atomic mass is 9.95. The molecule has 0 bridgehead atoms. The molecule has 3 aromatic carbocycles. The van der Waals surface area contributed by atoms with Crippen molar-refractivity contribution in [1.29, 1.82) is 0 Å². The maximum Gasteiger partial charge on any atom is 0.407 e. The van der Waals surface area contributed by atoms with Crippen LogP contribution in [-0.4, -0.2) is 65.1 Å². The van der Waals surface area contributed by atoms with Crippen LogP contribution in [0.2, 0.25) is 0 Å². The van der Waals surface area contributed by atoms with E-state index in [1.165, 1.54) is 12.1 Å².